The maximum atomic E-state index is 6.16. The van der Waals surface area contributed by atoms with Crippen molar-refractivity contribution in [2.45, 2.75) is 6.54 Å². The number of aromatic nitrogens is 2. The second-order valence-electron chi connectivity index (χ2n) is 4.26. The predicted octanol–water partition coefficient (Wildman–Crippen LogP) is 4.59. The van der Waals surface area contributed by atoms with Gasteiger partial charge in [-0.15, -0.1) is 0 Å². The number of benzene rings is 2. The smallest absolute Gasteiger partial charge is 0.0651 e. The van der Waals surface area contributed by atoms with Gasteiger partial charge in [0.1, 0.15) is 0 Å². The van der Waals surface area contributed by atoms with Crippen LogP contribution >= 0.6 is 27.5 Å². The number of halogens is 2. The Bertz CT molecular complexity index is 724. The highest BCUT2D eigenvalue weighted by Gasteiger charge is 2.02. The van der Waals surface area contributed by atoms with Crippen molar-refractivity contribution in [3.05, 3.63) is 57.7 Å². The number of aromatic amines is 1. The number of fused-ring (bicyclic) bond motifs is 1. The number of H-pyrrole nitrogens is 1. The molecule has 0 fully saturated rings. The van der Waals surface area contributed by atoms with E-state index in [0.29, 0.717) is 6.54 Å². The zero-order valence-electron chi connectivity index (χ0n) is 9.95. The van der Waals surface area contributed by atoms with Crippen LogP contribution in [0.5, 0.6) is 0 Å². The van der Waals surface area contributed by atoms with Crippen molar-refractivity contribution >= 4 is 44.1 Å². The summed E-state index contributed by atoms with van der Waals surface area (Å²) in [7, 11) is 0. The van der Waals surface area contributed by atoms with Crippen molar-refractivity contribution in [2.24, 2.45) is 0 Å². The number of anilines is 1. The van der Waals surface area contributed by atoms with Crippen LogP contribution in [0.1, 0.15) is 5.56 Å². The molecular weight excluding hydrogens is 326 g/mol. The Morgan fingerprint density at radius 2 is 2.11 bits per heavy atom. The summed E-state index contributed by atoms with van der Waals surface area (Å²) in [6, 6.07) is 11.9. The van der Waals surface area contributed by atoms with Gasteiger partial charge in [-0.2, -0.15) is 5.10 Å². The Labute approximate surface area is 124 Å². The Kier molecular flexibility index (Phi) is 3.44. The van der Waals surface area contributed by atoms with Gasteiger partial charge in [0.2, 0.25) is 0 Å². The molecule has 5 heteroatoms. The SMILES string of the molecule is Clc1ccc(Br)cc1CNc1ccc2[nH]ncc2c1. The molecule has 0 amide bonds. The summed E-state index contributed by atoms with van der Waals surface area (Å²) < 4.78 is 1.03. The zero-order chi connectivity index (χ0) is 13.2. The maximum absolute atomic E-state index is 6.16. The first kappa shape index (κ1) is 12.5. The second kappa shape index (κ2) is 5.23. The third kappa shape index (κ3) is 2.74. The molecule has 1 heterocycles. The molecule has 3 aromatic rings. The molecule has 0 saturated carbocycles. The molecule has 3 rings (SSSR count). The van der Waals surface area contributed by atoms with Crippen LogP contribution in [0.4, 0.5) is 5.69 Å². The van der Waals surface area contributed by atoms with Crippen LogP contribution < -0.4 is 5.32 Å². The lowest BCUT2D eigenvalue weighted by Gasteiger charge is -2.08. The molecular formula is C14H11BrClN3. The summed E-state index contributed by atoms with van der Waals surface area (Å²) in [5, 5.41) is 12.2. The Balaban J connectivity index is 1.79. The first-order chi connectivity index (χ1) is 9.22. The lowest BCUT2D eigenvalue weighted by atomic mass is 10.2. The number of rotatable bonds is 3. The van der Waals surface area contributed by atoms with Crippen LogP contribution in [0, 0.1) is 0 Å². The van der Waals surface area contributed by atoms with Gasteiger partial charge in [-0.3, -0.25) is 5.10 Å². The summed E-state index contributed by atoms with van der Waals surface area (Å²) in [6.07, 6.45) is 1.81. The summed E-state index contributed by atoms with van der Waals surface area (Å²) >= 11 is 9.62. The zero-order valence-corrected chi connectivity index (χ0v) is 12.3. The van der Waals surface area contributed by atoms with E-state index in [1.807, 2.05) is 36.5 Å². The normalized spacial score (nSPS) is 10.8. The highest BCUT2D eigenvalue weighted by molar-refractivity contribution is 9.10. The van der Waals surface area contributed by atoms with E-state index in [9.17, 15) is 0 Å². The lowest BCUT2D eigenvalue weighted by molar-refractivity contribution is 1.12. The minimum Gasteiger partial charge on any atom is -0.381 e. The van der Waals surface area contributed by atoms with Crippen molar-refractivity contribution in [1.29, 1.82) is 0 Å². The summed E-state index contributed by atoms with van der Waals surface area (Å²) in [5.41, 5.74) is 3.14. The molecule has 0 bridgehead atoms. The fraction of sp³-hybridized carbons (Fsp3) is 0.0714. The molecule has 96 valence electrons. The molecule has 0 atom stereocenters. The van der Waals surface area contributed by atoms with Crippen molar-refractivity contribution in [3.63, 3.8) is 0 Å². The molecule has 0 saturated heterocycles. The molecule has 0 aliphatic rings. The first-order valence-corrected chi connectivity index (χ1v) is 7.00. The topological polar surface area (TPSA) is 40.7 Å². The van der Waals surface area contributed by atoms with Crippen LogP contribution in [0.2, 0.25) is 5.02 Å². The van der Waals surface area contributed by atoms with E-state index in [1.54, 1.807) is 0 Å². The van der Waals surface area contributed by atoms with E-state index in [4.69, 9.17) is 11.6 Å². The van der Waals surface area contributed by atoms with Crippen LogP contribution in [-0.2, 0) is 6.54 Å². The molecule has 0 radical (unpaired) electrons. The van der Waals surface area contributed by atoms with E-state index < -0.39 is 0 Å². The summed E-state index contributed by atoms with van der Waals surface area (Å²) in [5.74, 6) is 0. The summed E-state index contributed by atoms with van der Waals surface area (Å²) in [4.78, 5) is 0. The van der Waals surface area contributed by atoms with Crippen molar-refractivity contribution in [2.75, 3.05) is 5.32 Å². The molecule has 0 aliphatic heterocycles. The molecule has 0 unspecified atom stereocenters. The maximum Gasteiger partial charge on any atom is 0.0651 e. The average Bonchev–Trinajstić information content (AvgIpc) is 2.87. The average molecular weight is 337 g/mol. The van der Waals surface area contributed by atoms with E-state index in [-0.39, 0.29) is 0 Å². The van der Waals surface area contributed by atoms with Gasteiger partial charge in [0, 0.05) is 27.1 Å². The van der Waals surface area contributed by atoms with Crippen LogP contribution in [0.3, 0.4) is 0 Å². The third-order valence-electron chi connectivity index (χ3n) is 2.93. The number of nitrogens with zero attached hydrogens (tertiary/aromatic N) is 1. The molecule has 0 aliphatic carbocycles. The molecule has 1 aromatic heterocycles. The minimum atomic E-state index is 0.682. The standard InChI is InChI=1S/C14H11BrClN3/c15-11-1-3-13(16)9(5-11)7-17-12-2-4-14-10(6-12)8-18-19-14/h1-6,8,17H,7H2,(H,18,19). The van der Waals surface area contributed by atoms with Gasteiger partial charge in [0.05, 0.1) is 11.7 Å². The number of nitrogens with one attached hydrogen (secondary N) is 2. The van der Waals surface area contributed by atoms with Gasteiger partial charge in [-0.05, 0) is 42.0 Å². The first-order valence-electron chi connectivity index (χ1n) is 5.83. The van der Waals surface area contributed by atoms with Crippen molar-refractivity contribution in [3.8, 4) is 0 Å². The second-order valence-corrected chi connectivity index (χ2v) is 5.58. The van der Waals surface area contributed by atoms with Gasteiger partial charge in [-0.1, -0.05) is 27.5 Å². The molecule has 3 nitrogen and oxygen atoms in total. The highest BCUT2D eigenvalue weighted by Crippen LogP contribution is 2.23. The highest BCUT2D eigenvalue weighted by atomic mass is 79.9. The van der Waals surface area contributed by atoms with E-state index in [2.05, 4.69) is 37.5 Å². The Morgan fingerprint density at radius 1 is 1.21 bits per heavy atom. The molecule has 2 N–H and O–H groups in total. The van der Waals surface area contributed by atoms with E-state index in [0.717, 1.165) is 31.6 Å². The van der Waals surface area contributed by atoms with E-state index >= 15 is 0 Å². The van der Waals surface area contributed by atoms with Crippen molar-refractivity contribution in [1.82, 2.24) is 10.2 Å². The number of hydrogen-bond acceptors (Lipinski definition) is 2. The van der Waals surface area contributed by atoms with Crippen LogP contribution in [0.15, 0.2) is 47.1 Å². The molecule has 19 heavy (non-hydrogen) atoms. The van der Waals surface area contributed by atoms with Gasteiger partial charge in [0.25, 0.3) is 0 Å². The lowest BCUT2D eigenvalue weighted by Crippen LogP contribution is -1.99. The van der Waals surface area contributed by atoms with E-state index in [1.165, 1.54) is 0 Å². The number of hydrogen-bond donors (Lipinski definition) is 2. The van der Waals surface area contributed by atoms with Gasteiger partial charge >= 0.3 is 0 Å². The monoisotopic (exact) mass is 335 g/mol. The van der Waals surface area contributed by atoms with Gasteiger partial charge < -0.3 is 5.32 Å². The molecule has 0 spiro atoms. The predicted molar refractivity (Wildman–Crippen MR) is 82.6 cm³/mol. The largest absolute Gasteiger partial charge is 0.381 e. The fourth-order valence-electron chi connectivity index (χ4n) is 1.93. The Hall–Kier alpha value is -1.52. The van der Waals surface area contributed by atoms with Crippen LogP contribution in [0.25, 0.3) is 10.9 Å². The van der Waals surface area contributed by atoms with Crippen molar-refractivity contribution < 1.29 is 0 Å². The van der Waals surface area contributed by atoms with Gasteiger partial charge in [0.15, 0.2) is 0 Å². The summed E-state index contributed by atoms with van der Waals surface area (Å²) in [6.45, 7) is 0.682. The third-order valence-corrected chi connectivity index (χ3v) is 3.79. The van der Waals surface area contributed by atoms with Crippen LogP contribution in [-0.4, -0.2) is 10.2 Å². The molecule has 2 aromatic carbocycles. The fourth-order valence-corrected chi connectivity index (χ4v) is 2.52. The Morgan fingerprint density at radius 3 is 3.00 bits per heavy atom. The minimum absolute atomic E-state index is 0.682. The quantitative estimate of drug-likeness (QED) is 0.734. The van der Waals surface area contributed by atoms with Gasteiger partial charge in [-0.25, -0.2) is 0 Å².